The van der Waals surface area contributed by atoms with Gasteiger partial charge in [-0.1, -0.05) is 255 Å². The molecular weight excluding hydrogens is 1010 g/mol. The summed E-state index contributed by atoms with van der Waals surface area (Å²) in [5, 5.41) is 0. The van der Waals surface area contributed by atoms with E-state index in [9.17, 15) is 19.0 Å². The number of likely N-dealkylation sites (N-methyl/N-ethyl adjacent to an activating group) is 1. The van der Waals surface area contributed by atoms with Gasteiger partial charge in [-0.15, -0.1) is 0 Å². The van der Waals surface area contributed by atoms with Crippen molar-refractivity contribution >= 4 is 19.8 Å². The number of hydrogen-bond donors (Lipinski definition) is 1. The van der Waals surface area contributed by atoms with Crippen molar-refractivity contribution in [1.82, 2.24) is 0 Å². The fourth-order valence-electron chi connectivity index (χ4n) is 7.61. The molecule has 0 aliphatic heterocycles. The number of rotatable bonds is 54. The van der Waals surface area contributed by atoms with Gasteiger partial charge in [0.2, 0.25) is 0 Å². The summed E-state index contributed by atoms with van der Waals surface area (Å²) in [4.78, 5) is 35.6. The molecule has 2 unspecified atom stereocenters. The largest absolute Gasteiger partial charge is 0.472 e. The van der Waals surface area contributed by atoms with Gasteiger partial charge in [0.15, 0.2) is 6.10 Å². The molecule has 80 heavy (non-hydrogen) atoms. The Bertz CT molecular complexity index is 1950. The Balaban J connectivity index is 4.10. The van der Waals surface area contributed by atoms with E-state index >= 15 is 0 Å². The first-order valence-corrected chi connectivity index (χ1v) is 32.4. The van der Waals surface area contributed by atoms with Crippen LogP contribution in [0.15, 0.2) is 170 Å². The van der Waals surface area contributed by atoms with Crippen molar-refractivity contribution in [2.75, 3.05) is 47.5 Å². The van der Waals surface area contributed by atoms with Crippen LogP contribution in [-0.4, -0.2) is 74.9 Å². The average molecular weight is 1130 g/mol. The molecule has 0 aliphatic carbocycles. The Morgan fingerprint density at radius 1 is 0.400 bits per heavy atom. The molecule has 0 spiro atoms. The third kappa shape index (κ3) is 62.6. The van der Waals surface area contributed by atoms with E-state index < -0.39 is 32.5 Å². The second kappa shape index (κ2) is 59.0. The highest BCUT2D eigenvalue weighted by atomic mass is 31.2. The van der Waals surface area contributed by atoms with Crippen molar-refractivity contribution < 1.29 is 42.1 Å². The minimum absolute atomic E-state index is 0.00982. The molecule has 0 fully saturated rings. The van der Waals surface area contributed by atoms with Gasteiger partial charge in [0.05, 0.1) is 34.2 Å². The Morgan fingerprint density at radius 2 is 0.713 bits per heavy atom. The summed E-state index contributed by atoms with van der Waals surface area (Å²) in [6.07, 6.45) is 90.5. The maximum atomic E-state index is 12.8. The molecule has 0 saturated carbocycles. The van der Waals surface area contributed by atoms with Crippen molar-refractivity contribution in [3.05, 3.63) is 170 Å². The lowest BCUT2D eigenvalue weighted by Gasteiger charge is -2.24. The lowest BCUT2D eigenvalue weighted by atomic mass is 10.0. The van der Waals surface area contributed by atoms with Crippen molar-refractivity contribution in [3.8, 4) is 0 Å². The van der Waals surface area contributed by atoms with Gasteiger partial charge in [-0.05, 0) is 109 Å². The predicted molar refractivity (Wildman–Crippen MR) is 343 cm³/mol. The summed E-state index contributed by atoms with van der Waals surface area (Å²) < 4.78 is 34.4. The molecule has 0 aliphatic rings. The molecule has 10 heteroatoms. The summed E-state index contributed by atoms with van der Waals surface area (Å²) >= 11 is 0. The Hall–Kier alpha value is -4.63. The standard InChI is InChI=1S/C70H112NO8P/c1-6-8-10-12-14-16-18-20-22-23-24-25-26-27-28-29-30-31-32-33-34-35-36-37-38-39-40-41-42-43-44-45-46-47-49-51-53-55-57-59-61-63-70(73)79-68(67-78-80(74,75)77-65-64-71(3,4)5)66-76-69(72)62-60-58-56-54-52-50-48-21-19-17-15-13-11-9-7-2/h8-11,14-17,20-22,24-25,27-28,30-31,33-34,36-37,39-40,48,52,54,58,60,68H,6-7,12-13,18-19,23,26,29,32,35,38,41-47,49-51,53,55-57,59,61-67H2,1-5H3/p+1/b10-8-,11-9-,16-14-,17-15-,22-20-,25-24-,28-27-,31-30-,34-33-,37-36-,40-39-,48-21-,54-52-,60-58-. The number of esters is 2. The number of nitrogens with zero attached hydrogens (tertiary/aromatic N) is 1. The van der Waals surface area contributed by atoms with Crippen molar-refractivity contribution in [2.24, 2.45) is 0 Å². The van der Waals surface area contributed by atoms with Crippen LogP contribution in [-0.2, 0) is 32.7 Å². The van der Waals surface area contributed by atoms with Crippen molar-refractivity contribution in [1.29, 1.82) is 0 Å². The zero-order valence-electron chi connectivity index (χ0n) is 51.0. The molecule has 0 bridgehead atoms. The van der Waals surface area contributed by atoms with Gasteiger partial charge in [0, 0.05) is 6.42 Å². The van der Waals surface area contributed by atoms with Crippen molar-refractivity contribution in [3.63, 3.8) is 0 Å². The van der Waals surface area contributed by atoms with Crippen molar-refractivity contribution in [2.45, 2.75) is 213 Å². The van der Waals surface area contributed by atoms with Crippen LogP contribution in [0.2, 0.25) is 0 Å². The molecule has 2 atom stereocenters. The number of ether oxygens (including phenoxy) is 2. The lowest BCUT2D eigenvalue weighted by Crippen LogP contribution is -2.37. The van der Waals surface area contributed by atoms with Crippen LogP contribution in [0.1, 0.15) is 206 Å². The monoisotopic (exact) mass is 1130 g/mol. The van der Waals surface area contributed by atoms with Gasteiger partial charge in [-0.2, -0.15) is 0 Å². The molecule has 9 nitrogen and oxygen atoms in total. The number of carbonyl (C=O) groups excluding carboxylic acids is 2. The highest BCUT2D eigenvalue weighted by Gasteiger charge is 2.27. The lowest BCUT2D eigenvalue weighted by molar-refractivity contribution is -0.870. The molecular formula is C70H113NO8P+. The smallest absolute Gasteiger partial charge is 0.461 e. The van der Waals surface area contributed by atoms with Gasteiger partial charge in [-0.25, -0.2) is 4.57 Å². The van der Waals surface area contributed by atoms with Crippen LogP contribution in [0.4, 0.5) is 0 Å². The minimum atomic E-state index is -4.42. The Kier molecular flexibility index (Phi) is 55.6. The highest BCUT2D eigenvalue weighted by molar-refractivity contribution is 7.47. The molecule has 0 aromatic rings. The Labute approximate surface area is 489 Å². The molecule has 0 radical (unpaired) electrons. The number of quaternary nitrogens is 1. The zero-order valence-corrected chi connectivity index (χ0v) is 51.9. The van der Waals surface area contributed by atoms with Crippen LogP contribution >= 0.6 is 7.82 Å². The molecule has 0 heterocycles. The Morgan fingerprint density at radius 3 is 1.06 bits per heavy atom. The second-order valence-corrected chi connectivity index (χ2v) is 22.4. The quantitative estimate of drug-likeness (QED) is 0.0211. The van der Waals surface area contributed by atoms with E-state index in [1.807, 2.05) is 33.3 Å². The van der Waals surface area contributed by atoms with E-state index in [1.165, 1.54) is 64.2 Å². The third-order valence-corrected chi connectivity index (χ3v) is 13.3. The number of unbranched alkanes of at least 4 members (excludes halogenated alkanes) is 13. The molecule has 1 N–H and O–H groups in total. The van der Waals surface area contributed by atoms with E-state index in [2.05, 4.69) is 166 Å². The maximum absolute atomic E-state index is 12.8. The summed E-state index contributed by atoms with van der Waals surface area (Å²) in [6.45, 7) is 4.06. The average Bonchev–Trinajstić information content (AvgIpc) is 3.42. The second-order valence-electron chi connectivity index (χ2n) is 21.0. The molecule has 450 valence electrons. The van der Waals surface area contributed by atoms with Crippen LogP contribution in [0.3, 0.4) is 0 Å². The first-order valence-electron chi connectivity index (χ1n) is 30.9. The van der Waals surface area contributed by atoms with E-state index in [1.54, 1.807) is 6.08 Å². The number of hydrogen-bond acceptors (Lipinski definition) is 7. The van der Waals surface area contributed by atoms with Gasteiger partial charge in [0.25, 0.3) is 0 Å². The van der Waals surface area contributed by atoms with E-state index in [0.717, 1.165) is 103 Å². The summed E-state index contributed by atoms with van der Waals surface area (Å²) in [5.74, 6) is -0.958. The molecule has 0 aromatic carbocycles. The molecule has 0 rings (SSSR count). The summed E-state index contributed by atoms with van der Waals surface area (Å²) in [5.41, 5.74) is 0. The molecule has 0 amide bonds. The molecule has 0 saturated heterocycles. The van der Waals surface area contributed by atoms with E-state index in [4.69, 9.17) is 18.5 Å². The first kappa shape index (κ1) is 75.4. The number of allylic oxidation sites excluding steroid dienone is 27. The minimum Gasteiger partial charge on any atom is -0.461 e. The van der Waals surface area contributed by atoms with Gasteiger partial charge in [-0.3, -0.25) is 18.6 Å². The highest BCUT2D eigenvalue weighted by Crippen LogP contribution is 2.43. The van der Waals surface area contributed by atoms with Gasteiger partial charge >= 0.3 is 19.8 Å². The SMILES string of the molecule is CC/C=C\C/C=C\C/C=C\C/C=C\C/C=C\C/C=C\C/C=C\C/C=C\C/C=C\CCCCCCCCCCCCCCCC(=O)OC(COC(=O)C/C=C\C/C=C\C/C=C\C/C=C\C/C=C\CC)COP(=O)(O)OCC[N+](C)(C)C. The molecule has 0 aromatic heterocycles. The maximum Gasteiger partial charge on any atom is 0.472 e. The van der Waals surface area contributed by atoms with E-state index in [-0.39, 0.29) is 26.1 Å². The number of phosphoric acid groups is 1. The number of carbonyl (C=O) groups is 2. The van der Waals surface area contributed by atoms with Gasteiger partial charge in [0.1, 0.15) is 19.8 Å². The summed E-state index contributed by atoms with van der Waals surface area (Å²) in [7, 11) is 1.41. The topological polar surface area (TPSA) is 108 Å². The van der Waals surface area contributed by atoms with Crippen LogP contribution < -0.4 is 0 Å². The van der Waals surface area contributed by atoms with E-state index in [0.29, 0.717) is 23.9 Å². The fraction of sp³-hybridized carbons (Fsp3) is 0.571. The van der Waals surface area contributed by atoms with Crippen LogP contribution in [0.25, 0.3) is 0 Å². The van der Waals surface area contributed by atoms with Crippen LogP contribution in [0, 0.1) is 0 Å². The first-order chi connectivity index (χ1) is 39.0. The number of phosphoric ester groups is 1. The summed E-state index contributed by atoms with van der Waals surface area (Å²) in [6, 6.07) is 0. The zero-order chi connectivity index (χ0) is 58.4. The predicted octanol–water partition coefficient (Wildman–Crippen LogP) is 19.8. The normalized spacial score (nSPS) is 14.4. The fourth-order valence-corrected chi connectivity index (χ4v) is 8.35. The third-order valence-electron chi connectivity index (χ3n) is 12.3. The van der Waals surface area contributed by atoms with Gasteiger partial charge < -0.3 is 18.9 Å². The van der Waals surface area contributed by atoms with Crippen LogP contribution in [0.5, 0.6) is 0 Å².